The van der Waals surface area contributed by atoms with Gasteiger partial charge in [0.25, 0.3) is 0 Å². The third kappa shape index (κ3) is 4.31. The van der Waals surface area contributed by atoms with E-state index in [0.29, 0.717) is 6.54 Å². The molecule has 0 aliphatic rings. The van der Waals surface area contributed by atoms with Gasteiger partial charge in [-0.15, -0.1) is 0 Å². The van der Waals surface area contributed by atoms with E-state index in [9.17, 15) is 4.79 Å². The molecule has 0 fully saturated rings. The van der Waals surface area contributed by atoms with Gasteiger partial charge in [-0.25, -0.2) is 4.79 Å². The van der Waals surface area contributed by atoms with Gasteiger partial charge in [0.1, 0.15) is 0 Å². The van der Waals surface area contributed by atoms with E-state index in [2.05, 4.69) is 5.32 Å². The molecule has 0 aromatic heterocycles. The van der Waals surface area contributed by atoms with Crippen LogP contribution < -0.4 is 5.32 Å². The highest BCUT2D eigenvalue weighted by Gasteiger charge is 2.04. The molecule has 1 aromatic carbocycles. The van der Waals surface area contributed by atoms with Gasteiger partial charge in [0.05, 0.1) is 12.7 Å². The molecule has 0 unspecified atom stereocenters. The molecule has 4 heteroatoms. The topological polar surface area (TPSA) is 58.6 Å². The van der Waals surface area contributed by atoms with E-state index in [1.54, 1.807) is 13.8 Å². The predicted octanol–water partition coefficient (Wildman–Crippen LogP) is 1.81. The van der Waals surface area contributed by atoms with Crippen LogP contribution in [0.5, 0.6) is 0 Å². The van der Waals surface area contributed by atoms with Crippen molar-refractivity contribution in [3.05, 3.63) is 35.4 Å². The van der Waals surface area contributed by atoms with Crippen LogP contribution >= 0.6 is 0 Å². The number of amides is 1. The fourth-order valence-electron chi connectivity index (χ4n) is 1.27. The van der Waals surface area contributed by atoms with Crippen LogP contribution in [-0.4, -0.2) is 17.3 Å². The molecule has 0 saturated carbocycles. The number of hydrogen-bond donors (Lipinski definition) is 2. The zero-order valence-electron chi connectivity index (χ0n) is 9.56. The summed E-state index contributed by atoms with van der Waals surface area (Å²) < 4.78 is 4.93. The minimum atomic E-state index is -0.426. The third-order valence-electron chi connectivity index (χ3n) is 1.95. The van der Waals surface area contributed by atoms with Crippen LogP contribution in [-0.2, 0) is 17.9 Å². The number of carbonyl (C=O) groups excluding carboxylic acids is 1. The second-order valence-electron chi connectivity index (χ2n) is 3.79. The summed E-state index contributed by atoms with van der Waals surface area (Å²) in [6, 6.07) is 7.40. The zero-order valence-corrected chi connectivity index (χ0v) is 9.56. The van der Waals surface area contributed by atoms with Crippen molar-refractivity contribution >= 4 is 6.09 Å². The maximum atomic E-state index is 11.2. The number of aliphatic hydroxyl groups is 1. The standard InChI is InChI=1S/C12H17NO3/c1-9(2)16-12(15)13-7-10-4-3-5-11(6-10)8-14/h3-6,9,14H,7-8H2,1-2H3,(H,13,15). The summed E-state index contributed by atoms with van der Waals surface area (Å²) >= 11 is 0. The van der Waals surface area contributed by atoms with Crippen molar-refractivity contribution < 1.29 is 14.6 Å². The van der Waals surface area contributed by atoms with Crippen LogP contribution in [0.25, 0.3) is 0 Å². The lowest BCUT2D eigenvalue weighted by Gasteiger charge is -2.09. The smallest absolute Gasteiger partial charge is 0.407 e. The first-order chi connectivity index (χ1) is 7.61. The largest absolute Gasteiger partial charge is 0.447 e. The fraction of sp³-hybridized carbons (Fsp3) is 0.417. The first-order valence-corrected chi connectivity index (χ1v) is 5.25. The lowest BCUT2D eigenvalue weighted by atomic mass is 10.1. The van der Waals surface area contributed by atoms with E-state index in [1.165, 1.54) is 0 Å². The number of aliphatic hydroxyl groups excluding tert-OH is 1. The third-order valence-corrected chi connectivity index (χ3v) is 1.95. The van der Waals surface area contributed by atoms with Crippen molar-refractivity contribution in [1.82, 2.24) is 5.32 Å². The van der Waals surface area contributed by atoms with E-state index in [-0.39, 0.29) is 12.7 Å². The molecule has 0 aliphatic carbocycles. The lowest BCUT2D eigenvalue weighted by molar-refractivity contribution is 0.115. The van der Waals surface area contributed by atoms with E-state index >= 15 is 0 Å². The van der Waals surface area contributed by atoms with Crippen molar-refractivity contribution in [2.24, 2.45) is 0 Å². The number of rotatable bonds is 4. The Labute approximate surface area is 95.2 Å². The molecular formula is C12H17NO3. The molecule has 16 heavy (non-hydrogen) atoms. The minimum Gasteiger partial charge on any atom is -0.447 e. The normalized spacial score (nSPS) is 10.2. The molecule has 1 amide bonds. The molecule has 1 rings (SSSR count). The summed E-state index contributed by atoms with van der Waals surface area (Å²) in [5.74, 6) is 0. The monoisotopic (exact) mass is 223 g/mol. The van der Waals surface area contributed by atoms with E-state index in [1.807, 2.05) is 24.3 Å². The molecule has 0 saturated heterocycles. The minimum absolute atomic E-state index is 0.00425. The van der Waals surface area contributed by atoms with Crippen molar-refractivity contribution in [1.29, 1.82) is 0 Å². The van der Waals surface area contributed by atoms with Crippen molar-refractivity contribution in [2.45, 2.75) is 33.1 Å². The maximum absolute atomic E-state index is 11.2. The Hall–Kier alpha value is -1.55. The highest BCUT2D eigenvalue weighted by Crippen LogP contribution is 2.05. The number of carbonyl (C=O) groups is 1. The summed E-state index contributed by atoms with van der Waals surface area (Å²) in [6.07, 6.45) is -0.548. The predicted molar refractivity (Wildman–Crippen MR) is 60.8 cm³/mol. The van der Waals surface area contributed by atoms with Gasteiger partial charge in [0.2, 0.25) is 0 Å². The van der Waals surface area contributed by atoms with Crippen molar-refractivity contribution in [3.8, 4) is 0 Å². The van der Waals surface area contributed by atoms with Gasteiger partial charge in [-0.1, -0.05) is 24.3 Å². The van der Waals surface area contributed by atoms with Crippen molar-refractivity contribution in [2.75, 3.05) is 0 Å². The number of hydrogen-bond acceptors (Lipinski definition) is 3. The van der Waals surface area contributed by atoms with Gasteiger partial charge in [-0.2, -0.15) is 0 Å². The van der Waals surface area contributed by atoms with Gasteiger partial charge in [-0.3, -0.25) is 0 Å². The van der Waals surface area contributed by atoms with Gasteiger partial charge in [0.15, 0.2) is 0 Å². The average Bonchev–Trinajstić information content (AvgIpc) is 2.26. The molecule has 0 radical (unpaired) electrons. The Balaban J connectivity index is 2.45. The van der Waals surface area contributed by atoms with Crippen LogP contribution in [0.15, 0.2) is 24.3 Å². The van der Waals surface area contributed by atoms with Gasteiger partial charge in [0, 0.05) is 6.54 Å². The first-order valence-electron chi connectivity index (χ1n) is 5.25. The van der Waals surface area contributed by atoms with Crippen LogP contribution in [0.4, 0.5) is 4.79 Å². The highest BCUT2D eigenvalue weighted by atomic mass is 16.6. The van der Waals surface area contributed by atoms with Gasteiger partial charge in [-0.05, 0) is 25.0 Å². The molecule has 0 heterocycles. The molecule has 1 aromatic rings. The Morgan fingerprint density at radius 3 is 2.75 bits per heavy atom. The zero-order chi connectivity index (χ0) is 12.0. The SMILES string of the molecule is CC(C)OC(=O)NCc1cccc(CO)c1. The second-order valence-corrected chi connectivity index (χ2v) is 3.79. The molecular weight excluding hydrogens is 206 g/mol. The quantitative estimate of drug-likeness (QED) is 0.818. The number of ether oxygens (including phenoxy) is 1. The summed E-state index contributed by atoms with van der Waals surface area (Å²) in [4.78, 5) is 11.2. The van der Waals surface area contributed by atoms with E-state index < -0.39 is 6.09 Å². The van der Waals surface area contributed by atoms with Gasteiger partial charge < -0.3 is 15.2 Å². The number of alkyl carbamates (subject to hydrolysis) is 1. The van der Waals surface area contributed by atoms with E-state index in [0.717, 1.165) is 11.1 Å². The summed E-state index contributed by atoms with van der Waals surface area (Å²) in [7, 11) is 0. The number of nitrogens with one attached hydrogen (secondary N) is 1. The molecule has 4 nitrogen and oxygen atoms in total. The molecule has 88 valence electrons. The Morgan fingerprint density at radius 2 is 2.12 bits per heavy atom. The summed E-state index contributed by atoms with van der Waals surface area (Å²) in [5.41, 5.74) is 1.77. The molecule has 0 atom stereocenters. The molecule has 0 aliphatic heterocycles. The maximum Gasteiger partial charge on any atom is 0.407 e. The highest BCUT2D eigenvalue weighted by molar-refractivity contribution is 5.67. The van der Waals surface area contributed by atoms with Crippen LogP contribution in [0.1, 0.15) is 25.0 Å². The Kier molecular flexibility index (Phi) is 4.79. The van der Waals surface area contributed by atoms with E-state index in [4.69, 9.17) is 9.84 Å². The molecule has 0 spiro atoms. The van der Waals surface area contributed by atoms with Crippen LogP contribution in [0.3, 0.4) is 0 Å². The Morgan fingerprint density at radius 1 is 1.44 bits per heavy atom. The van der Waals surface area contributed by atoms with Crippen LogP contribution in [0.2, 0.25) is 0 Å². The Bertz CT molecular complexity index is 350. The summed E-state index contributed by atoms with van der Waals surface area (Å²) in [5, 5.41) is 11.6. The lowest BCUT2D eigenvalue weighted by Crippen LogP contribution is -2.26. The van der Waals surface area contributed by atoms with Crippen molar-refractivity contribution in [3.63, 3.8) is 0 Å². The van der Waals surface area contributed by atoms with Crippen LogP contribution in [0, 0.1) is 0 Å². The molecule has 2 N–H and O–H groups in total. The average molecular weight is 223 g/mol. The first kappa shape index (κ1) is 12.5. The molecule has 0 bridgehead atoms. The van der Waals surface area contributed by atoms with Gasteiger partial charge >= 0.3 is 6.09 Å². The number of benzene rings is 1. The fourth-order valence-corrected chi connectivity index (χ4v) is 1.27. The second kappa shape index (κ2) is 6.12. The summed E-state index contributed by atoms with van der Waals surface area (Å²) in [6.45, 7) is 4.00.